The lowest BCUT2D eigenvalue weighted by molar-refractivity contribution is -0.385. The number of benzene rings is 1. The van der Waals surface area contributed by atoms with Gasteiger partial charge in [0.2, 0.25) is 0 Å². The number of carbonyl (C=O) groups excluding carboxylic acids is 1. The normalized spacial score (nSPS) is 10.0. The maximum atomic E-state index is 11.8. The highest BCUT2D eigenvalue weighted by Gasteiger charge is 2.21. The highest BCUT2D eigenvalue weighted by atomic mass is 16.6. The zero-order valence-corrected chi connectivity index (χ0v) is 9.60. The van der Waals surface area contributed by atoms with Crippen LogP contribution in [-0.2, 0) is 0 Å². The van der Waals surface area contributed by atoms with Gasteiger partial charge in [-0.15, -0.1) is 0 Å². The Morgan fingerprint density at radius 3 is 2.82 bits per heavy atom. The van der Waals surface area contributed by atoms with Crippen molar-refractivity contribution >= 4 is 11.6 Å². The van der Waals surface area contributed by atoms with Crippen molar-refractivity contribution in [2.24, 2.45) is 5.73 Å². The minimum atomic E-state index is -0.551. The van der Waals surface area contributed by atoms with Crippen molar-refractivity contribution in [3.8, 4) is 0 Å². The van der Waals surface area contributed by atoms with Crippen LogP contribution in [0.3, 0.4) is 0 Å². The Labute approximate surface area is 99.0 Å². The van der Waals surface area contributed by atoms with Crippen molar-refractivity contribution in [1.29, 1.82) is 0 Å². The summed E-state index contributed by atoms with van der Waals surface area (Å²) >= 11 is 0. The van der Waals surface area contributed by atoms with E-state index < -0.39 is 10.8 Å². The second-order valence-corrected chi connectivity index (χ2v) is 3.62. The number of hydrogen-bond acceptors (Lipinski definition) is 4. The molecule has 6 nitrogen and oxygen atoms in total. The predicted octanol–water partition coefficient (Wildman–Crippen LogP) is 0.982. The van der Waals surface area contributed by atoms with E-state index in [1.165, 1.54) is 6.07 Å². The van der Waals surface area contributed by atoms with Crippen LogP contribution >= 0.6 is 0 Å². The van der Waals surface area contributed by atoms with Crippen LogP contribution in [-0.4, -0.2) is 23.9 Å². The minimum Gasteiger partial charge on any atom is -0.352 e. The first kappa shape index (κ1) is 13.1. The summed E-state index contributed by atoms with van der Waals surface area (Å²) in [6.07, 6.45) is 0.644. The van der Waals surface area contributed by atoms with Gasteiger partial charge in [0.1, 0.15) is 5.56 Å². The van der Waals surface area contributed by atoms with E-state index in [9.17, 15) is 14.9 Å². The monoisotopic (exact) mass is 237 g/mol. The standard InChI is InChI=1S/C11H15N3O3/c1-8-4-2-5-9(14(16)17)10(8)11(15)13-7-3-6-12/h2,4-5H,3,6-7,12H2,1H3,(H,13,15). The van der Waals surface area contributed by atoms with Gasteiger partial charge in [-0.1, -0.05) is 12.1 Å². The number of nitro benzene ring substituents is 1. The second kappa shape index (κ2) is 5.95. The van der Waals surface area contributed by atoms with Gasteiger partial charge in [0.05, 0.1) is 4.92 Å². The Morgan fingerprint density at radius 2 is 2.24 bits per heavy atom. The van der Waals surface area contributed by atoms with E-state index in [-0.39, 0.29) is 11.3 Å². The van der Waals surface area contributed by atoms with Crippen molar-refractivity contribution in [3.05, 3.63) is 39.4 Å². The maximum absolute atomic E-state index is 11.8. The fourth-order valence-corrected chi connectivity index (χ4v) is 1.49. The molecule has 0 heterocycles. The average Bonchev–Trinajstić information content (AvgIpc) is 2.28. The molecule has 0 saturated heterocycles. The zero-order chi connectivity index (χ0) is 12.8. The van der Waals surface area contributed by atoms with E-state index in [0.29, 0.717) is 25.1 Å². The number of nitrogens with one attached hydrogen (secondary N) is 1. The highest BCUT2D eigenvalue weighted by molar-refractivity contribution is 5.99. The van der Waals surface area contributed by atoms with E-state index in [1.807, 2.05) is 0 Å². The van der Waals surface area contributed by atoms with Crippen LogP contribution in [0.25, 0.3) is 0 Å². The average molecular weight is 237 g/mol. The number of nitrogens with two attached hydrogens (primary N) is 1. The third-order valence-corrected chi connectivity index (χ3v) is 2.34. The van der Waals surface area contributed by atoms with Crippen LogP contribution < -0.4 is 11.1 Å². The molecule has 0 spiro atoms. The number of nitrogens with zero attached hydrogens (tertiary/aromatic N) is 1. The summed E-state index contributed by atoms with van der Waals surface area (Å²) in [6, 6.07) is 4.56. The molecule has 0 fully saturated rings. The SMILES string of the molecule is Cc1cccc([N+](=O)[O-])c1C(=O)NCCCN. The van der Waals surface area contributed by atoms with Gasteiger partial charge in [0, 0.05) is 12.6 Å². The lowest BCUT2D eigenvalue weighted by Crippen LogP contribution is -2.27. The molecule has 0 aliphatic heterocycles. The summed E-state index contributed by atoms with van der Waals surface area (Å²) in [7, 11) is 0. The summed E-state index contributed by atoms with van der Waals surface area (Å²) < 4.78 is 0. The summed E-state index contributed by atoms with van der Waals surface area (Å²) in [6.45, 7) is 2.56. The molecule has 1 rings (SSSR count). The van der Waals surface area contributed by atoms with E-state index in [1.54, 1.807) is 19.1 Å². The number of aryl methyl sites for hydroxylation is 1. The molecule has 1 aromatic carbocycles. The lowest BCUT2D eigenvalue weighted by atomic mass is 10.1. The van der Waals surface area contributed by atoms with Crippen LogP contribution in [0.2, 0.25) is 0 Å². The number of rotatable bonds is 5. The Kier molecular flexibility index (Phi) is 4.59. The van der Waals surface area contributed by atoms with Gasteiger partial charge in [-0.2, -0.15) is 0 Å². The Bertz CT molecular complexity index is 432. The molecule has 3 N–H and O–H groups in total. The van der Waals surface area contributed by atoms with Gasteiger partial charge < -0.3 is 11.1 Å². The topological polar surface area (TPSA) is 98.3 Å². The zero-order valence-electron chi connectivity index (χ0n) is 9.60. The molecule has 1 aromatic rings. The van der Waals surface area contributed by atoms with Crippen LogP contribution in [0.4, 0.5) is 5.69 Å². The smallest absolute Gasteiger partial charge is 0.282 e. The van der Waals surface area contributed by atoms with Crippen LogP contribution in [0, 0.1) is 17.0 Å². The Balaban J connectivity index is 2.95. The van der Waals surface area contributed by atoms with Crippen molar-refractivity contribution < 1.29 is 9.72 Å². The summed E-state index contributed by atoms with van der Waals surface area (Å²) in [5, 5.41) is 13.4. The van der Waals surface area contributed by atoms with Gasteiger partial charge in [0.15, 0.2) is 0 Å². The molecule has 0 unspecified atom stereocenters. The number of hydrogen-bond donors (Lipinski definition) is 2. The second-order valence-electron chi connectivity index (χ2n) is 3.62. The highest BCUT2D eigenvalue weighted by Crippen LogP contribution is 2.21. The van der Waals surface area contributed by atoms with E-state index >= 15 is 0 Å². The summed E-state index contributed by atoms with van der Waals surface area (Å²) in [4.78, 5) is 22.1. The molecular weight excluding hydrogens is 222 g/mol. The molecule has 0 aliphatic rings. The van der Waals surface area contributed by atoms with Gasteiger partial charge in [-0.3, -0.25) is 14.9 Å². The minimum absolute atomic E-state index is 0.120. The van der Waals surface area contributed by atoms with Crippen LogP contribution in [0.15, 0.2) is 18.2 Å². The predicted molar refractivity (Wildman–Crippen MR) is 63.8 cm³/mol. The van der Waals surface area contributed by atoms with E-state index in [2.05, 4.69) is 5.32 Å². The van der Waals surface area contributed by atoms with Crippen molar-refractivity contribution in [1.82, 2.24) is 5.32 Å². The third-order valence-electron chi connectivity index (χ3n) is 2.34. The van der Waals surface area contributed by atoms with Crippen molar-refractivity contribution in [2.45, 2.75) is 13.3 Å². The van der Waals surface area contributed by atoms with Gasteiger partial charge >= 0.3 is 0 Å². The van der Waals surface area contributed by atoms with E-state index in [0.717, 1.165) is 0 Å². The molecule has 1 amide bonds. The molecule has 0 aromatic heterocycles. The van der Waals surface area contributed by atoms with Gasteiger partial charge in [0.25, 0.3) is 11.6 Å². The quantitative estimate of drug-likeness (QED) is 0.453. The van der Waals surface area contributed by atoms with Crippen molar-refractivity contribution in [2.75, 3.05) is 13.1 Å². The number of carbonyl (C=O) groups is 1. The first-order valence-corrected chi connectivity index (χ1v) is 5.30. The van der Waals surface area contributed by atoms with Gasteiger partial charge in [-0.25, -0.2) is 0 Å². The third kappa shape index (κ3) is 3.25. The largest absolute Gasteiger partial charge is 0.352 e. The maximum Gasteiger partial charge on any atom is 0.282 e. The number of amides is 1. The molecule has 0 aliphatic carbocycles. The van der Waals surface area contributed by atoms with Crippen LogP contribution in [0.1, 0.15) is 22.3 Å². The number of nitro groups is 1. The summed E-state index contributed by atoms with van der Waals surface area (Å²) in [5.41, 5.74) is 5.84. The molecular formula is C11H15N3O3. The molecule has 0 bridgehead atoms. The molecule has 0 atom stereocenters. The lowest BCUT2D eigenvalue weighted by Gasteiger charge is -2.07. The summed E-state index contributed by atoms with van der Waals surface area (Å²) in [5.74, 6) is -0.428. The molecule has 17 heavy (non-hydrogen) atoms. The Morgan fingerprint density at radius 1 is 1.53 bits per heavy atom. The first-order valence-electron chi connectivity index (χ1n) is 5.30. The first-order chi connectivity index (χ1) is 8.07. The fourth-order valence-electron chi connectivity index (χ4n) is 1.49. The van der Waals surface area contributed by atoms with Crippen molar-refractivity contribution in [3.63, 3.8) is 0 Å². The fraction of sp³-hybridized carbons (Fsp3) is 0.364. The Hall–Kier alpha value is -1.95. The molecule has 6 heteroatoms. The van der Waals surface area contributed by atoms with Gasteiger partial charge in [-0.05, 0) is 25.5 Å². The molecule has 92 valence electrons. The molecule has 0 radical (unpaired) electrons. The van der Waals surface area contributed by atoms with E-state index in [4.69, 9.17) is 5.73 Å². The molecule has 0 saturated carbocycles. The van der Waals surface area contributed by atoms with Crippen LogP contribution in [0.5, 0.6) is 0 Å².